The zero-order chi connectivity index (χ0) is 19.5. The molecule has 0 atom stereocenters. The number of anilines is 1. The molecule has 140 valence electrons. The smallest absolute Gasteiger partial charge is 0.234 e. The van der Waals surface area contributed by atoms with Crippen LogP contribution in [0, 0.1) is 0 Å². The van der Waals surface area contributed by atoms with Crippen molar-refractivity contribution in [3.63, 3.8) is 0 Å². The topological polar surface area (TPSA) is 59.8 Å². The first-order valence-electron chi connectivity index (χ1n) is 8.67. The number of carbonyl (C=O) groups excluding carboxylic acids is 1. The minimum absolute atomic E-state index is 0.0857. The molecule has 5 nitrogen and oxygen atoms in total. The summed E-state index contributed by atoms with van der Waals surface area (Å²) in [5, 5.41) is 14.9. The molecule has 0 bridgehead atoms. The summed E-state index contributed by atoms with van der Waals surface area (Å²) in [4.78, 5) is 12.5. The minimum atomic E-state index is -0.0857. The molecular formula is C21H17ClN4OS. The van der Waals surface area contributed by atoms with Crippen LogP contribution in [-0.4, -0.2) is 26.4 Å². The van der Waals surface area contributed by atoms with Gasteiger partial charge in [-0.25, -0.2) is 0 Å². The van der Waals surface area contributed by atoms with Crippen molar-refractivity contribution in [2.75, 3.05) is 11.1 Å². The molecule has 1 amide bonds. The second-order valence-corrected chi connectivity index (χ2v) is 7.61. The van der Waals surface area contributed by atoms with Crippen LogP contribution in [0.5, 0.6) is 0 Å². The summed E-state index contributed by atoms with van der Waals surface area (Å²) in [5.74, 6) is 0.890. The normalized spacial score (nSPS) is 10.9. The van der Waals surface area contributed by atoms with Crippen molar-refractivity contribution in [3.8, 4) is 11.4 Å². The van der Waals surface area contributed by atoms with Gasteiger partial charge in [0.1, 0.15) is 0 Å². The van der Waals surface area contributed by atoms with Crippen LogP contribution < -0.4 is 5.32 Å². The first-order chi connectivity index (χ1) is 13.6. The molecule has 0 saturated heterocycles. The Bertz CT molecular complexity index is 1140. The van der Waals surface area contributed by atoms with Crippen molar-refractivity contribution in [1.82, 2.24) is 14.8 Å². The molecule has 28 heavy (non-hydrogen) atoms. The average Bonchev–Trinajstić information content (AvgIpc) is 3.08. The maximum Gasteiger partial charge on any atom is 0.234 e. The number of rotatable bonds is 5. The van der Waals surface area contributed by atoms with Gasteiger partial charge >= 0.3 is 0 Å². The predicted octanol–water partition coefficient (Wildman–Crippen LogP) is 5.02. The van der Waals surface area contributed by atoms with Crippen molar-refractivity contribution in [1.29, 1.82) is 0 Å². The highest BCUT2D eigenvalue weighted by molar-refractivity contribution is 7.99. The molecule has 3 aromatic carbocycles. The molecule has 0 unspecified atom stereocenters. The van der Waals surface area contributed by atoms with E-state index < -0.39 is 0 Å². The van der Waals surface area contributed by atoms with E-state index in [1.54, 1.807) is 0 Å². The lowest BCUT2D eigenvalue weighted by molar-refractivity contribution is -0.113. The third kappa shape index (κ3) is 3.88. The summed E-state index contributed by atoms with van der Waals surface area (Å²) < 4.78 is 1.87. The van der Waals surface area contributed by atoms with Gasteiger partial charge < -0.3 is 9.88 Å². The van der Waals surface area contributed by atoms with E-state index in [-0.39, 0.29) is 11.7 Å². The quantitative estimate of drug-likeness (QED) is 0.471. The Morgan fingerprint density at radius 3 is 2.61 bits per heavy atom. The standard InChI is InChI=1S/C21H17ClN4OS/c1-26-20(15-9-11-16(22)12-10-15)24-25-21(26)28-13-19(27)23-18-8-4-6-14-5-2-3-7-17(14)18/h2-12H,13H2,1H3,(H,23,27). The fourth-order valence-electron chi connectivity index (χ4n) is 2.94. The molecule has 4 aromatic rings. The highest BCUT2D eigenvalue weighted by atomic mass is 35.5. The van der Waals surface area contributed by atoms with E-state index in [1.165, 1.54) is 11.8 Å². The number of nitrogens with zero attached hydrogens (tertiary/aromatic N) is 3. The lowest BCUT2D eigenvalue weighted by Gasteiger charge is -2.08. The Morgan fingerprint density at radius 1 is 1.04 bits per heavy atom. The summed E-state index contributed by atoms with van der Waals surface area (Å²) in [7, 11) is 1.88. The molecule has 7 heteroatoms. The zero-order valence-electron chi connectivity index (χ0n) is 15.1. The largest absolute Gasteiger partial charge is 0.325 e. The third-order valence-electron chi connectivity index (χ3n) is 4.33. The highest BCUT2D eigenvalue weighted by Gasteiger charge is 2.13. The molecule has 0 aliphatic rings. The summed E-state index contributed by atoms with van der Waals surface area (Å²) in [6.45, 7) is 0. The highest BCUT2D eigenvalue weighted by Crippen LogP contribution is 2.25. The fourth-order valence-corrected chi connectivity index (χ4v) is 3.78. The van der Waals surface area contributed by atoms with Crippen LogP contribution >= 0.6 is 23.4 Å². The van der Waals surface area contributed by atoms with Gasteiger partial charge in [0, 0.05) is 28.7 Å². The zero-order valence-corrected chi connectivity index (χ0v) is 16.7. The SMILES string of the molecule is Cn1c(SCC(=O)Nc2cccc3ccccc23)nnc1-c1ccc(Cl)cc1. The second kappa shape index (κ2) is 8.04. The molecule has 1 heterocycles. The maximum absolute atomic E-state index is 12.5. The molecule has 0 spiro atoms. The minimum Gasteiger partial charge on any atom is -0.325 e. The van der Waals surface area contributed by atoms with E-state index >= 15 is 0 Å². The van der Waals surface area contributed by atoms with Crippen LogP contribution in [0.25, 0.3) is 22.2 Å². The number of amides is 1. The van der Waals surface area contributed by atoms with Gasteiger partial charge in [-0.1, -0.05) is 59.8 Å². The number of hydrogen-bond donors (Lipinski definition) is 1. The number of carbonyl (C=O) groups is 1. The van der Waals surface area contributed by atoms with Crippen molar-refractivity contribution in [2.24, 2.45) is 7.05 Å². The fraction of sp³-hybridized carbons (Fsp3) is 0.0952. The van der Waals surface area contributed by atoms with Gasteiger partial charge in [0.25, 0.3) is 0 Å². The first-order valence-corrected chi connectivity index (χ1v) is 10.0. The van der Waals surface area contributed by atoms with Gasteiger partial charge in [0.2, 0.25) is 5.91 Å². The number of benzene rings is 3. The molecular weight excluding hydrogens is 392 g/mol. The second-order valence-electron chi connectivity index (χ2n) is 6.24. The average molecular weight is 409 g/mol. The summed E-state index contributed by atoms with van der Waals surface area (Å²) in [6, 6.07) is 21.3. The number of nitrogens with one attached hydrogen (secondary N) is 1. The van der Waals surface area contributed by atoms with E-state index in [1.807, 2.05) is 78.3 Å². The number of halogens is 1. The lowest BCUT2D eigenvalue weighted by Crippen LogP contribution is -2.14. The first kappa shape index (κ1) is 18.5. The van der Waals surface area contributed by atoms with Crippen molar-refractivity contribution >= 4 is 45.7 Å². The third-order valence-corrected chi connectivity index (χ3v) is 5.61. The van der Waals surface area contributed by atoms with E-state index in [0.29, 0.717) is 10.2 Å². The van der Waals surface area contributed by atoms with E-state index in [9.17, 15) is 4.79 Å². The monoisotopic (exact) mass is 408 g/mol. The van der Waals surface area contributed by atoms with Crippen molar-refractivity contribution < 1.29 is 4.79 Å². The van der Waals surface area contributed by atoms with Crippen LogP contribution in [0.15, 0.2) is 71.9 Å². The lowest BCUT2D eigenvalue weighted by atomic mass is 10.1. The number of thioether (sulfide) groups is 1. The maximum atomic E-state index is 12.5. The molecule has 0 fully saturated rings. The molecule has 0 aliphatic carbocycles. The van der Waals surface area contributed by atoms with Gasteiger partial charge in [-0.2, -0.15) is 0 Å². The Labute approximate surface area is 171 Å². The van der Waals surface area contributed by atoms with Crippen LogP contribution in [0.2, 0.25) is 5.02 Å². The van der Waals surface area contributed by atoms with Gasteiger partial charge in [0.15, 0.2) is 11.0 Å². The van der Waals surface area contributed by atoms with Gasteiger partial charge in [-0.15, -0.1) is 10.2 Å². The molecule has 0 saturated carbocycles. The predicted molar refractivity (Wildman–Crippen MR) is 115 cm³/mol. The Hall–Kier alpha value is -2.83. The van der Waals surface area contributed by atoms with Gasteiger partial charge in [-0.05, 0) is 35.7 Å². The van der Waals surface area contributed by atoms with Gasteiger partial charge in [-0.3, -0.25) is 4.79 Å². The molecule has 1 N–H and O–H groups in total. The molecule has 4 rings (SSSR count). The van der Waals surface area contributed by atoms with Crippen LogP contribution in [0.1, 0.15) is 0 Å². The van der Waals surface area contributed by atoms with Gasteiger partial charge in [0.05, 0.1) is 5.75 Å². The summed E-state index contributed by atoms with van der Waals surface area (Å²) in [5.41, 5.74) is 1.73. The van der Waals surface area contributed by atoms with E-state index in [0.717, 1.165) is 27.8 Å². The molecule has 1 aromatic heterocycles. The van der Waals surface area contributed by atoms with E-state index in [4.69, 9.17) is 11.6 Å². The van der Waals surface area contributed by atoms with Crippen LogP contribution in [-0.2, 0) is 11.8 Å². The number of fused-ring (bicyclic) bond motifs is 1. The van der Waals surface area contributed by atoms with Crippen LogP contribution in [0.3, 0.4) is 0 Å². The summed E-state index contributed by atoms with van der Waals surface area (Å²) in [6.07, 6.45) is 0. The Balaban J connectivity index is 1.44. The van der Waals surface area contributed by atoms with Crippen LogP contribution in [0.4, 0.5) is 5.69 Å². The number of aromatic nitrogens is 3. The molecule has 0 aliphatic heterocycles. The van der Waals surface area contributed by atoms with Crippen molar-refractivity contribution in [3.05, 3.63) is 71.8 Å². The summed E-state index contributed by atoms with van der Waals surface area (Å²) >= 11 is 7.29. The molecule has 0 radical (unpaired) electrons. The van der Waals surface area contributed by atoms with Crippen molar-refractivity contribution in [2.45, 2.75) is 5.16 Å². The Morgan fingerprint density at radius 2 is 1.79 bits per heavy atom. The van der Waals surface area contributed by atoms with E-state index in [2.05, 4.69) is 15.5 Å². The number of hydrogen-bond acceptors (Lipinski definition) is 4. The Kier molecular flexibility index (Phi) is 5.32.